The zero-order valence-electron chi connectivity index (χ0n) is 18.7. The van der Waals surface area contributed by atoms with Crippen molar-refractivity contribution in [3.8, 4) is 5.75 Å². The van der Waals surface area contributed by atoms with Gasteiger partial charge in [-0.1, -0.05) is 67.6 Å². The number of likely N-dealkylation sites (N-methyl/N-ethyl adjacent to an activating group) is 1. The quantitative estimate of drug-likeness (QED) is 0.575. The Morgan fingerprint density at radius 2 is 1.56 bits per heavy atom. The molecular formula is C27H31N3O2. The van der Waals surface area contributed by atoms with Crippen molar-refractivity contribution in [3.05, 3.63) is 90.0 Å². The number of piperazine rings is 1. The van der Waals surface area contributed by atoms with E-state index in [9.17, 15) is 4.79 Å². The van der Waals surface area contributed by atoms with Crippen LogP contribution in [0.25, 0.3) is 0 Å². The molecule has 0 aliphatic carbocycles. The molecule has 1 aliphatic rings. The summed E-state index contributed by atoms with van der Waals surface area (Å²) in [6.07, 6.45) is 0.769. The van der Waals surface area contributed by atoms with E-state index in [1.807, 2.05) is 60.7 Å². The summed E-state index contributed by atoms with van der Waals surface area (Å²) >= 11 is 0. The fourth-order valence-electron chi connectivity index (χ4n) is 4.10. The number of hydrogen-bond acceptors (Lipinski definition) is 4. The lowest BCUT2D eigenvalue weighted by molar-refractivity contribution is -0.118. The zero-order valence-corrected chi connectivity index (χ0v) is 18.7. The van der Waals surface area contributed by atoms with Gasteiger partial charge >= 0.3 is 0 Å². The van der Waals surface area contributed by atoms with Gasteiger partial charge < -0.3 is 19.9 Å². The van der Waals surface area contributed by atoms with Crippen LogP contribution >= 0.6 is 0 Å². The highest BCUT2D eigenvalue weighted by Crippen LogP contribution is 2.27. The number of para-hydroxylation sites is 3. The van der Waals surface area contributed by atoms with Crippen LogP contribution in [0.5, 0.6) is 5.75 Å². The second kappa shape index (κ2) is 10.8. The average molecular weight is 430 g/mol. The van der Waals surface area contributed by atoms with E-state index in [1.54, 1.807) is 0 Å². The molecule has 5 heteroatoms. The van der Waals surface area contributed by atoms with Crippen LogP contribution in [0.1, 0.15) is 18.1 Å². The Kier molecular flexibility index (Phi) is 7.41. The van der Waals surface area contributed by atoms with Crippen LogP contribution in [0, 0.1) is 0 Å². The predicted octanol–water partition coefficient (Wildman–Crippen LogP) is 4.44. The maximum Gasteiger partial charge on any atom is 0.262 e. The van der Waals surface area contributed by atoms with Crippen molar-refractivity contribution in [2.24, 2.45) is 0 Å². The van der Waals surface area contributed by atoms with E-state index in [0.29, 0.717) is 0 Å². The minimum Gasteiger partial charge on any atom is -0.483 e. The molecule has 32 heavy (non-hydrogen) atoms. The van der Waals surface area contributed by atoms with Crippen LogP contribution in [-0.2, 0) is 11.2 Å². The van der Waals surface area contributed by atoms with E-state index < -0.39 is 0 Å². The average Bonchev–Trinajstić information content (AvgIpc) is 2.85. The SMILES string of the molecule is CCN1CCN(c2ccccc2NC(=O)COc2ccccc2Cc2ccccc2)CC1. The summed E-state index contributed by atoms with van der Waals surface area (Å²) in [5.74, 6) is 0.592. The van der Waals surface area contributed by atoms with Crippen LogP contribution in [-0.4, -0.2) is 50.1 Å². The maximum atomic E-state index is 12.7. The summed E-state index contributed by atoms with van der Waals surface area (Å²) in [5.41, 5.74) is 4.19. The maximum absolute atomic E-state index is 12.7. The number of anilines is 2. The fourth-order valence-corrected chi connectivity index (χ4v) is 4.10. The molecule has 1 saturated heterocycles. The third kappa shape index (κ3) is 5.68. The predicted molar refractivity (Wildman–Crippen MR) is 131 cm³/mol. The highest BCUT2D eigenvalue weighted by atomic mass is 16.5. The highest BCUT2D eigenvalue weighted by molar-refractivity contribution is 5.95. The highest BCUT2D eigenvalue weighted by Gasteiger charge is 2.19. The van der Waals surface area contributed by atoms with Crippen molar-refractivity contribution in [1.29, 1.82) is 0 Å². The van der Waals surface area contributed by atoms with Crippen molar-refractivity contribution in [3.63, 3.8) is 0 Å². The van der Waals surface area contributed by atoms with Gasteiger partial charge in [0, 0.05) is 32.6 Å². The lowest BCUT2D eigenvalue weighted by Crippen LogP contribution is -2.46. The number of carbonyl (C=O) groups is 1. The second-order valence-electron chi connectivity index (χ2n) is 8.05. The lowest BCUT2D eigenvalue weighted by Gasteiger charge is -2.36. The molecule has 5 nitrogen and oxygen atoms in total. The first-order valence-corrected chi connectivity index (χ1v) is 11.3. The molecule has 1 aliphatic heterocycles. The van der Waals surface area contributed by atoms with E-state index in [0.717, 1.165) is 61.8 Å². The molecule has 1 heterocycles. The summed E-state index contributed by atoms with van der Waals surface area (Å²) in [7, 11) is 0. The number of nitrogens with zero attached hydrogens (tertiary/aromatic N) is 2. The molecule has 0 saturated carbocycles. The first-order valence-electron chi connectivity index (χ1n) is 11.3. The summed E-state index contributed by atoms with van der Waals surface area (Å²) in [5, 5.41) is 3.05. The molecule has 0 spiro atoms. The minimum absolute atomic E-state index is 0.0241. The van der Waals surface area contributed by atoms with E-state index in [-0.39, 0.29) is 12.5 Å². The van der Waals surface area contributed by atoms with Crippen molar-refractivity contribution in [2.45, 2.75) is 13.3 Å². The number of amides is 1. The van der Waals surface area contributed by atoms with Gasteiger partial charge in [-0.15, -0.1) is 0 Å². The topological polar surface area (TPSA) is 44.8 Å². The normalized spacial score (nSPS) is 14.2. The molecule has 3 aromatic rings. The number of hydrogen-bond donors (Lipinski definition) is 1. The number of benzene rings is 3. The molecule has 0 unspecified atom stereocenters. The van der Waals surface area contributed by atoms with Crippen LogP contribution in [0.3, 0.4) is 0 Å². The van der Waals surface area contributed by atoms with Crippen molar-refractivity contribution >= 4 is 17.3 Å². The van der Waals surface area contributed by atoms with Gasteiger partial charge in [-0.05, 0) is 35.9 Å². The van der Waals surface area contributed by atoms with Gasteiger partial charge in [0.25, 0.3) is 5.91 Å². The van der Waals surface area contributed by atoms with Gasteiger partial charge in [0.1, 0.15) is 5.75 Å². The van der Waals surface area contributed by atoms with Crippen LogP contribution in [0.2, 0.25) is 0 Å². The van der Waals surface area contributed by atoms with Gasteiger partial charge in [-0.2, -0.15) is 0 Å². The minimum atomic E-state index is -0.154. The molecule has 1 amide bonds. The summed E-state index contributed by atoms with van der Waals surface area (Å²) in [4.78, 5) is 17.5. The molecule has 0 bridgehead atoms. The zero-order chi connectivity index (χ0) is 22.2. The summed E-state index contributed by atoms with van der Waals surface area (Å²) in [6.45, 7) is 7.26. The first-order chi connectivity index (χ1) is 15.7. The van der Waals surface area contributed by atoms with Gasteiger partial charge in [0.2, 0.25) is 0 Å². The van der Waals surface area contributed by atoms with Gasteiger partial charge in [-0.25, -0.2) is 0 Å². The Labute approximate surface area is 190 Å². The molecule has 3 aromatic carbocycles. The van der Waals surface area contributed by atoms with E-state index >= 15 is 0 Å². The molecular weight excluding hydrogens is 398 g/mol. The number of nitrogens with one attached hydrogen (secondary N) is 1. The Morgan fingerprint density at radius 3 is 2.34 bits per heavy atom. The van der Waals surface area contributed by atoms with Gasteiger partial charge in [0.05, 0.1) is 11.4 Å². The molecule has 0 aromatic heterocycles. The number of ether oxygens (including phenoxy) is 1. The Hall–Kier alpha value is -3.31. The van der Waals surface area contributed by atoms with Gasteiger partial charge in [0.15, 0.2) is 6.61 Å². The van der Waals surface area contributed by atoms with E-state index in [1.165, 1.54) is 5.56 Å². The number of carbonyl (C=O) groups excluding carboxylic acids is 1. The van der Waals surface area contributed by atoms with Crippen LogP contribution < -0.4 is 15.0 Å². The number of rotatable bonds is 8. The molecule has 0 radical (unpaired) electrons. The lowest BCUT2D eigenvalue weighted by atomic mass is 10.0. The second-order valence-corrected chi connectivity index (χ2v) is 8.05. The van der Waals surface area contributed by atoms with E-state index in [2.05, 4.69) is 40.2 Å². The Morgan fingerprint density at radius 1 is 0.875 bits per heavy atom. The monoisotopic (exact) mass is 429 g/mol. The Balaban J connectivity index is 1.37. The molecule has 1 N–H and O–H groups in total. The third-order valence-electron chi connectivity index (χ3n) is 5.91. The molecule has 0 atom stereocenters. The first kappa shape index (κ1) is 21.9. The van der Waals surface area contributed by atoms with Crippen molar-refractivity contribution in [1.82, 2.24) is 4.90 Å². The Bertz CT molecular complexity index is 1010. The molecule has 166 valence electrons. The fraction of sp³-hybridized carbons (Fsp3) is 0.296. The summed E-state index contributed by atoms with van der Waals surface area (Å²) in [6, 6.07) is 26.2. The van der Waals surface area contributed by atoms with Crippen LogP contribution in [0.4, 0.5) is 11.4 Å². The third-order valence-corrected chi connectivity index (χ3v) is 5.91. The standard InChI is InChI=1S/C27H31N3O2/c1-2-29-16-18-30(19-17-29)25-14-8-7-13-24(25)28-27(31)21-32-26-15-9-6-12-23(26)20-22-10-4-3-5-11-22/h3-15H,2,16-21H2,1H3,(H,28,31). The smallest absolute Gasteiger partial charge is 0.262 e. The van der Waals surface area contributed by atoms with Crippen LogP contribution in [0.15, 0.2) is 78.9 Å². The van der Waals surface area contributed by atoms with Gasteiger partial charge in [-0.3, -0.25) is 4.79 Å². The molecule has 1 fully saturated rings. The van der Waals surface area contributed by atoms with Crippen molar-refractivity contribution in [2.75, 3.05) is 49.5 Å². The summed E-state index contributed by atoms with van der Waals surface area (Å²) < 4.78 is 5.93. The van der Waals surface area contributed by atoms with Crippen molar-refractivity contribution < 1.29 is 9.53 Å². The largest absolute Gasteiger partial charge is 0.483 e. The molecule has 4 rings (SSSR count). The van der Waals surface area contributed by atoms with E-state index in [4.69, 9.17) is 4.74 Å².